The number of aliphatic carboxylic acids is 1. The molecule has 4 aliphatic rings. The number of hydrogen-bond acceptors (Lipinski definition) is 5. The van der Waals surface area contributed by atoms with Crippen LogP contribution in [0, 0.1) is 5.92 Å². The predicted octanol–water partition coefficient (Wildman–Crippen LogP) is 3.15. The highest BCUT2D eigenvalue weighted by Gasteiger charge is 2.52. The van der Waals surface area contributed by atoms with Crippen molar-refractivity contribution in [1.82, 2.24) is 10.2 Å². The third-order valence-corrected chi connectivity index (χ3v) is 8.02. The van der Waals surface area contributed by atoms with Crippen LogP contribution in [0.15, 0.2) is 48.5 Å². The number of rotatable bonds is 5. The number of nitrogens with zero attached hydrogens (tertiary/aromatic N) is 1. The quantitative estimate of drug-likeness (QED) is 0.687. The molecule has 2 saturated heterocycles. The molecule has 2 aromatic rings. The van der Waals surface area contributed by atoms with E-state index in [1.54, 1.807) is 0 Å². The van der Waals surface area contributed by atoms with Crippen molar-refractivity contribution >= 4 is 18.0 Å². The molecule has 2 aliphatic carbocycles. The van der Waals surface area contributed by atoms with E-state index in [0.29, 0.717) is 32.3 Å². The summed E-state index contributed by atoms with van der Waals surface area (Å²) < 4.78 is 11.2. The van der Waals surface area contributed by atoms with Crippen LogP contribution in [-0.2, 0) is 19.1 Å². The van der Waals surface area contributed by atoms with Gasteiger partial charge in [-0.2, -0.15) is 0 Å². The van der Waals surface area contributed by atoms with Crippen LogP contribution in [0.1, 0.15) is 42.7 Å². The van der Waals surface area contributed by atoms with Gasteiger partial charge in [0, 0.05) is 30.9 Å². The first kappa shape index (κ1) is 22.1. The lowest BCUT2D eigenvalue weighted by Gasteiger charge is -2.39. The zero-order valence-corrected chi connectivity index (χ0v) is 19.3. The van der Waals surface area contributed by atoms with Gasteiger partial charge in [-0.05, 0) is 41.5 Å². The van der Waals surface area contributed by atoms with Crippen LogP contribution < -0.4 is 5.32 Å². The summed E-state index contributed by atoms with van der Waals surface area (Å²) in [5.41, 5.74) is 4.66. The summed E-state index contributed by atoms with van der Waals surface area (Å²) in [6, 6.07) is 15.2. The Morgan fingerprint density at radius 1 is 1.00 bits per heavy atom. The van der Waals surface area contributed by atoms with Gasteiger partial charge in [0.05, 0.1) is 12.1 Å². The standard InChI is InChI=1S/C27H28N2O6/c30-25(29-22-9-10-34-24(22)13-23(29)26(31)32)15-11-16(12-15)28-27(33)35-14-21-19-7-3-1-5-17(19)18-6-2-4-8-20(18)21/h1-8,15-16,21-24H,9-14H2,(H,28,33)(H,31,32). The van der Waals surface area contributed by atoms with Crippen LogP contribution >= 0.6 is 0 Å². The van der Waals surface area contributed by atoms with E-state index in [0.717, 1.165) is 11.1 Å². The first-order chi connectivity index (χ1) is 17.0. The molecule has 2 aliphatic heterocycles. The summed E-state index contributed by atoms with van der Waals surface area (Å²) in [5.74, 6) is -1.41. The SMILES string of the molecule is O=C(NC1CC(C(=O)N2C(C(=O)O)CC3OCCC32)C1)OCC1c2ccccc2-c2ccccc21. The molecule has 1 saturated carbocycles. The van der Waals surface area contributed by atoms with Crippen molar-refractivity contribution in [3.63, 3.8) is 0 Å². The highest BCUT2D eigenvalue weighted by atomic mass is 16.5. The van der Waals surface area contributed by atoms with Crippen molar-refractivity contribution in [3.8, 4) is 11.1 Å². The molecular formula is C27H28N2O6. The number of likely N-dealkylation sites (tertiary alicyclic amines) is 1. The highest BCUT2D eigenvalue weighted by Crippen LogP contribution is 2.44. The molecule has 0 spiro atoms. The molecule has 3 atom stereocenters. The predicted molar refractivity (Wildman–Crippen MR) is 126 cm³/mol. The monoisotopic (exact) mass is 476 g/mol. The van der Waals surface area contributed by atoms with E-state index in [9.17, 15) is 19.5 Å². The molecule has 8 heteroatoms. The molecular weight excluding hydrogens is 448 g/mol. The second kappa shape index (κ2) is 8.68. The minimum atomic E-state index is -0.982. The first-order valence-corrected chi connectivity index (χ1v) is 12.3. The Morgan fingerprint density at radius 3 is 2.31 bits per heavy atom. The van der Waals surface area contributed by atoms with Crippen LogP contribution in [-0.4, -0.2) is 65.4 Å². The Hall–Kier alpha value is -3.39. The van der Waals surface area contributed by atoms with Gasteiger partial charge in [-0.15, -0.1) is 0 Å². The van der Waals surface area contributed by atoms with E-state index in [2.05, 4.69) is 29.6 Å². The molecule has 0 bridgehead atoms. The summed E-state index contributed by atoms with van der Waals surface area (Å²) in [5, 5.41) is 12.5. The molecule has 182 valence electrons. The fraction of sp³-hybridized carbons (Fsp3) is 0.444. The molecule has 2 aromatic carbocycles. The molecule has 35 heavy (non-hydrogen) atoms. The second-order valence-corrected chi connectivity index (χ2v) is 9.94. The van der Waals surface area contributed by atoms with Gasteiger partial charge in [-0.25, -0.2) is 9.59 Å². The summed E-state index contributed by atoms with van der Waals surface area (Å²) in [6.45, 7) is 0.800. The summed E-state index contributed by atoms with van der Waals surface area (Å²) in [7, 11) is 0. The number of hydrogen-bond donors (Lipinski definition) is 2. The van der Waals surface area contributed by atoms with Crippen molar-refractivity contribution in [2.45, 2.75) is 55.8 Å². The van der Waals surface area contributed by atoms with Gasteiger partial charge in [0.15, 0.2) is 0 Å². The van der Waals surface area contributed by atoms with E-state index in [1.165, 1.54) is 16.0 Å². The van der Waals surface area contributed by atoms with E-state index >= 15 is 0 Å². The van der Waals surface area contributed by atoms with Crippen molar-refractivity contribution in [2.24, 2.45) is 5.92 Å². The Bertz CT molecular complexity index is 1130. The van der Waals surface area contributed by atoms with Crippen LogP contribution in [0.2, 0.25) is 0 Å². The Balaban J connectivity index is 1.03. The summed E-state index contributed by atoms with van der Waals surface area (Å²) in [6.07, 6.45) is 1.33. The second-order valence-electron chi connectivity index (χ2n) is 9.94. The number of carbonyl (C=O) groups is 3. The third kappa shape index (κ3) is 3.76. The normalized spacial score (nSPS) is 28.6. The van der Waals surface area contributed by atoms with Crippen molar-refractivity contribution < 1.29 is 29.0 Å². The van der Waals surface area contributed by atoms with E-state index in [1.807, 2.05) is 24.3 Å². The molecule has 2 amide bonds. The number of fused-ring (bicyclic) bond motifs is 4. The minimum Gasteiger partial charge on any atom is -0.480 e. The van der Waals surface area contributed by atoms with Crippen LogP contribution in [0.3, 0.4) is 0 Å². The number of benzene rings is 2. The summed E-state index contributed by atoms with van der Waals surface area (Å²) >= 11 is 0. The number of ether oxygens (including phenoxy) is 2. The van der Waals surface area contributed by atoms with Gasteiger partial charge >= 0.3 is 12.1 Å². The summed E-state index contributed by atoms with van der Waals surface area (Å²) in [4.78, 5) is 38.9. The van der Waals surface area contributed by atoms with Crippen molar-refractivity contribution in [1.29, 1.82) is 0 Å². The number of carboxylic acids is 1. The third-order valence-electron chi connectivity index (χ3n) is 8.02. The lowest BCUT2D eigenvalue weighted by molar-refractivity contribution is -0.153. The topological polar surface area (TPSA) is 105 Å². The van der Waals surface area contributed by atoms with Crippen LogP contribution in [0.25, 0.3) is 11.1 Å². The highest BCUT2D eigenvalue weighted by molar-refractivity contribution is 5.87. The van der Waals surface area contributed by atoms with E-state index in [-0.39, 0.29) is 42.5 Å². The van der Waals surface area contributed by atoms with Gasteiger partial charge in [0.25, 0.3) is 0 Å². The maximum Gasteiger partial charge on any atom is 0.407 e. The molecule has 8 nitrogen and oxygen atoms in total. The lowest BCUT2D eigenvalue weighted by atomic mass is 9.79. The minimum absolute atomic E-state index is 0.00596. The van der Waals surface area contributed by atoms with E-state index < -0.39 is 18.1 Å². The number of alkyl carbamates (subject to hydrolysis) is 1. The maximum atomic E-state index is 13.1. The Kier molecular flexibility index (Phi) is 5.48. The molecule has 2 heterocycles. The molecule has 3 fully saturated rings. The number of nitrogens with one attached hydrogen (secondary N) is 1. The van der Waals surface area contributed by atoms with Crippen molar-refractivity contribution in [2.75, 3.05) is 13.2 Å². The van der Waals surface area contributed by atoms with Gasteiger partial charge in [-0.3, -0.25) is 4.79 Å². The largest absolute Gasteiger partial charge is 0.480 e. The van der Waals surface area contributed by atoms with Gasteiger partial charge in [0.1, 0.15) is 12.6 Å². The Labute approximate surface area is 203 Å². The number of amides is 2. The molecule has 0 aromatic heterocycles. The van der Waals surface area contributed by atoms with E-state index in [4.69, 9.17) is 9.47 Å². The Morgan fingerprint density at radius 2 is 1.66 bits per heavy atom. The lowest BCUT2D eigenvalue weighted by Crippen LogP contribution is -2.54. The average molecular weight is 477 g/mol. The van der Waals surface area contributed by atoms with Gasteiger partial charge < -0.3 is 24.8 Å². The van der Waals surface area contributed by atoms with Crippen LogP contribution in [0.4, 0.5) is 4.79 Å². The maximum absolute atomic E-state index is 13.1. The van der Waals surface area contributed by atoms with Crippen molar-refractivity contribution in [3.05, 3.63) is 59.7 Å². The fourth-order valence-corrected chi connectivity index (χ4v) is 6.24. The molecule has 0 radical (unpaired) electrons. The van der Waals surface area contributed by atoms with Gasteiger partial charge in [0.2, 0.25) is 5.91 Å². The average Bonchev–Trinajstić information content (AvgIpc) is 3.51. The fourth-order valence-electron chi connectivity index (χ4n) is 6.24. The number of carbonyl (C=O) groups excluding carboxylic acids is 2. The van der Waals surface area contributed by atoms with Gasteiger partial charge in [-0.1, -0.05) is 48.5 Å². The first-order valence-electron chi connectivity index (χ1n) is 12.3. The van der Waals surface area contributed by atoms with Crippen LogP contribution in [0.5, 0.6) is 0 Å². The number of carboxylic acid groups (broad SMARTS) is 1. The zero-order chi connectivity index (χ0) is 24.1. The molecule has 3 unspecified atom stereocenters. The molecule has 2 N–H and O–H groups in total. The molecule has 6 rings (SSSR count). The smallest absolute Gasteiger partial charge is 0.407 e. The zero-order valence-electron chi connectivity index (χ0n) is 19.3.